The highest BCUT2D eigenvalue weighted by Gasteiger charge is 2.14. The van der Waals surface area contributed by atoms with Crippen LogP contribution in [0.3, 0.4) is 0 Å². The molecule has 4 N–H and O–H groups in total. The Hall–Kier alpha value is -2.17. The van der Waals surface area contributed by atoms with E-state index in [2.05, 4.69) is 10.2 Å². The Morgan fingerprint density at radius 1 is 1.44 bits per heavy atom. The number of aromatic hydroxyl groups is 1. The number of rotatable bonds is 2. The molecule has 0 aliphatic heterocycles. The van der Waals surface area contributed by atoms with E-state index in [1.807, 2.05) is 6.92 Å². The van der Waals surface area contributed by atoms with Gasteiger partial charge in [0.1, 0.15) is 17.3 Å². The molecular weight excluding hydrogens is 206 g/mol. The van der Waals surface area contributed by atoms with Crippen LogP contribution in [0.2, 0.25) is 0 Å². The molecule has 2 rings (SSSR count). The molecule has 84 valence electrons. The van der Waals surface area contributed by atoms with Crippen molar-refractivity contribution in [1.29, 1.82) is 0 Å². The van der Waals surface area contributed by atoms with Crippen molar-refractivity contribution < 1.29 is 9.84 Å². The van der Waals surface area contributed by atoms with Gasteiger partial charge >= 0.3 is 0 Å². The molecule has 1 aromatic heterocycles. The largest absolute Gasteiger partial charge is 0.508 e. The zero-order valence-corrected chi connectivity index (χ0v) is 9.11. The van der Waals surface area contributed by atoms with E-state index in [0.717, 1.165) is 16.7 Å². The number of nitrogens with zero attached hydrogens (tertiary/aromatic N) is 1. The third-order valence-electron chi connectivity index (χ3n) is 2.44. The number of hydrogen-bond acceptors (Lipinski definition) is 4. The second kappa shape index (κ2) is 3.77. The molecular formula is C11H13N3O2. The highest BCUT2D eigenvalue weighted by molar-refractivity contribution is 5.81. The molecule has 0 aliphatic carbocycles. The van der Waals surface area contributed by atoms with Gasteiger partial charge in [0.05, 0.1) is 13.3 Å². The zero-order chi connectivity index (χ0) is 11.7. The van der Waals surface area contributed by atoms with Gasteiger partial charge in [-0.05, 0) is 18.6 Å². The summed E-state index contributed by atoms with van der Waals surface area (Å²) in [6.07, 6.45) is 1.64. The van der Waals surface area contributed by atoms with E-state index < -0.39 is 0 Å². The zero-order valence-electron chi connectivity index (χ0n) is 9.11. The van der Waals surface area contributed by atoms with Crippen molar-refractivity contribution >= 4 is 5.82 Å². The summed E-state index contributed by atoms with van der Waals surface area (Å²) in [4.78, 5) is 0. The minimum absolute atomic E-state index is 0.167. The molecule has 0 fully saturated rings. The Labute approximate surface area is 92.9 Å². The van der Waals surface area contributed by atoms with Crippen LogP contribution in [-0.4, -0.2) is 22.4 Å². The summed E-state index contributed by atoms with van der Waals surface area (Å²) in [6.45, 7) is 1.88. The number of aromatic amines is 1. The van der Waals surface area contributed by atoms with Gasteiger partial charge in [-0.15, -0.1) is 0 Å². The van der Waals surface area contributed by atoms with Crippen molar-refractivity contribution in [3.8, 4) is 22.6 Å². The summed E-state index contributed by atoms with van der Waals surface area (Å²) in [5.74, 6) is 1.22. The number of nitrogens with one attached hydrogen (secondary N) is 1. The van der Waals surface area contributed by atoms with E-state index in [9.17, 15) is 5.11 Å². The molecule has 0 saturated carbocycles. The maximum absolute atomic E-state index is 9.48. The minimum atomic E-state index is 0.167. The average molecular weight is 219 g/mol. The topological polar surface area (TPSA) is 84.2 Å². The first-order valence-electron chi connectivity index (χ1n) is 4.80. The number of methoxy groups -OCH3 is 1. The molecule has 0 radical (unpaired) electrons. The maximum atomic E-state index is 9.48. The van der Waals surface area contributed by atoms with Crippen molar-refractivity contribution in [2.75, 3.05) is 12.8 Å². The third kappa shape index (κ3) is 1.56. The van der Waals surface area contributed by atoms with Gasteiger partial charge in [0.25, 0.3) is 0 Å². The lowest BCUT2D eigenvalue weighted by atomic mass is 10.0. The fourth-order valence-corrected chi connectivity index (χ4v) is 1.74. The van der Waals surface area contributed by atoms with Gasteiger partial charge in [0, 0.05) is 17.2 Å². The number of anilines is 1. The molecule has 16 heavy (non-hydrogen) atoms. The van der Waals surface area contributed by atoms with Gasteiger partial charge in [-0.1, -0.05) is 0 Å². The number of benzene rings is 1. The number of H-pyrrole nitrogens is 1. The minimum Gasteiger partial charge on any atom is -0.508 e. The van der Waals surface area contributed by atoms with Crippen molar-refractivity contribution in [3.05, 3.63) is 23.9 Å². The summed E-state index contributed by atoms with van der Waals surface area (Å²) >= 11 is 0. The van der Waals surface area contributed by atoms with Crippen LogP contribution in [0.1, 0.15) is 5.56 Å². The Morgan fingerprint density at radius 3 is 2.75 bits per heavy atom. The Balaban J connectivity index is 2.69. The fourth-order valence-electron chi connectivity index (χ4n) is 1.74. The van der Waals surface area contributed by atoms with E-state index in [-0.39, 0.29) is 5.75 Å². The number of phenols is 1. The molecule has 0 spiro atoms. The SMILES string of the molecule is COc1cc(O)cc(C)c1-c1cn[nH]c1N. The maximum Gasteiger partial charge on any atom is 0.130 e. The lowest BCUT2D eigenvalue weighted by Gasteiger charge is -2.11. The predicted molar refractivity (Wildman–Crippen MR) is 61.4 cm³/mol. The summed E-state index contributed by atoms with van der Waals surface area (Å²) in [7, 11) is 1.55. The van der Waals surface area contributed by atoms with Crippen LogP contribution in [-0.2, 0) is 0 Å². The molecule has 0 amide bonds. The monoisotopic (exact) mass is 219 g/mol. The van der Waals surface area contributed by atoms with Crippen LogP contribution >= 0.6 is 0 Å². The number of nitrogens with two attached hydrogens (primary N) is 1. The first-order chi connectivity index (χ1) is 7.63. The summed E-state index contributed by atoms with van der Waals surface area (Å²) < 4.78 is 5.23. The predicted octanol–water partition coefficient (Wildman–Crippen LogP) is 1.68. The molecule has 2 aromatic rings. The van der Waals surface area contributed by atoms with Crippen molar-refractivity contribution in [3.63, 3.8) is 0 Å². The van der Waals surface area contributed by atoms with E-state index in [4.69, 9.17) is 10.5 Å². The number of phenolic OH excluding ortho intramolecular Hbond substituents is 1. The molecule has 1 aromatic carbocycles. The number of nitrogen functional groups attached to an aromatic ring is 1. The molecule has 0 saturated heterocycles. The Kier molecular flexibility index (Phi) is 2.44. The Bertz CT molecular complexity index is 520. The van der Waals surface area contributed by atoms with Crippen LogP contribution in [0.5, 0.6) is 11.5 Å². The standard InChI is InChI=1S/C11H13N3O2/c1-6-3-7(15)4-9(16-2)10(6)8-5-13-14-11(8)12/h3-5,15H,1-2H3,(H3,12,13,14). The number of aromatic nitrogens is 2. The quantitative estimate of drug-likeness (QED) is 0.717. The first-order valence-corrected chi connectivity index (χ1v) is 4.80. The van der Waals surface area contributed by atoms with Crippen LogP contribution in [0.25, 0.3) is 11.1 Å². The van der Waals surface area contributed by atoms with E-state index >= 15 is 0 Å². The normalized spacial score (nSPS) is 10.4. The lowest BCUT2D eigenvalue weighted by molar-refractivity contribution is 0.409. The molecule has 5 nitrogen and oxygen atoms in total. The molecule has 5 heteroatoms. The highest BCUT2D eigenvalue weighted by Crippen LogP contribution is 2.38. The second-order valence-corrected chi connectivity index (χ2v) is 3.54. The van der Waals surface area contributed by atoms with Crippen molar-refractivity contribution in [2.45, 2.75) is 6.92 Å². The molecule has 0 aliphatic rings. The first kappa shape index (κ1) is 10.4. The molecule has 0 bridgehead atoms. The summed E-state index contributed by atoms with van der Waals surface area (Å²) in [5.41, 5.74) is 8.26. The van der Waals surface area contributed by atoms with Crippen LogP contribution in [0.4, 0.5) is 5.82 Å². The highest BCUT2D eigenvalue weighted by atomic mass is 16.5. The average Bonchev–Trinajstić information content (AvgIpc) is 2.63. The van der Waals surface area contributed by atoms with Gasteiger partial charge in [0.2, 0.25) is 0 Å². The van der Waals surface area contributed by atoms with Gasteiger partial charge < -0.3 is 15.6 Å². The van der Waals surface area contributed by atoms with E-state index in [0.29, 0.717) is 11.6 Å². The number of ether oxygens (including phenoxy) is 1. The van der Waals surface area contributed by atoms with E-state index in [1.165, 1.54) is 0 Å². The van der Waals surface area contributed by atoms with Gasteiger partial charge in [-0.25, -0.2) is 0 Å². The summed E-state index contributed by atoms with van der Waals surface area (Å²) in [6, 6.07) is 3.21. The van der Waals surface area contributed by atoms with Crippen LogP contribution in [0.15, 0.2) is 18.3 Å². The van der Waals surface area contributed by atoms with Gasteiger partial charge in [-0.3, -0.25) is 5.10 Å². The fraction of sp³-hybridized carbons (Fsp3) is 0.182. The van der Waals surface area contributed by atoms with Gasteiger partial charge in [-0.2, -0.15) is 5.10 Å². The molecule has 0 atom stereocenters. The third-order valence-corrected chi connectivity index (χ3v) is 2.44. The van der Waals surface area contributed by atoms with Crippen LogP contribution in [0, 0.1) is 6.92 Å². The van der Waals surface area contributed by atoms with Crippen molar-refractivity contribution in [2.24, 2.45) is 0 Å². The van der Waals surface area contributed by atoms with Gasteiger partial charge in [0.15, 0.2) is 0 Å². The second-order valence-electron chi connectivity index (χ2n) is 3.54. The molecule has 1 heterocycles. The van der Waals surface area contributed by atoms with E-state index in [1.54, 1.807) is 25.4 Å². The number of aryl methyl sites for hydroxylation is 1. The molecule has 0 unspecified atom stereocenters. The smallest absolute Gasteiger partial charge is 0.130 e. The Morgan fingerprint density at radius 2 is 2.19 bits per heavy atom. The lowest BCUT2D eigenvalue weighted by Crippen LogP contribution is -1.93. The van der Waals surface area contributed by atoms with Crippen molar-refractivity contribution in [1.82, 2.24) is 10.2 Å². The summed E-state index contributed by atoms with van der Waals surface area (Å²) in [5, 5.41) is 16.0. The number of hydrogen-bond donors (Lipinski definition) is 3. The van der Waals surface area contributed by atoms with Crippen LogP contribution < -0.4 is 10.5 Å².